The van der Waals surface area contributed by atoms with E-state index in [2.05, 4.69) is 28.2 Å². The molecule has 0 spiro atoms. The summed E-state index contributed by atoms with van der Waals surface area (Å²) >= 11 is 3.36. The summed E-state index contributed by atoms with van der Waals surface area (Å²) in [4.78, 5) is 11.1. The molecule has 0 aliphatic heterocycles. The van der Waals surface area contributed by atoms with Crippen LogP contribution in [-0.4, -0.2) is 17.6 Å². The van der Waals surface area contributed by atoms with E-state index < -0.39 is 5.97 Å². The summed E-state index contributed by atoms with van der Waals surface area (Å²) in [5.74, 6) is -0.891. The number of unbranched alkanes of at least 4 members (excludes halogenated alkanes) is 5. The molecule has 0 saturated heterocycles. The molecule has 19 heavy (non-hydrogen) atoms. The lowest BCUT2D eigenvalue weighted by molar-refractivity contribution is 0.0698. The van der Waals surface area contributed by atoms with Crippen LogP contribution in [0.1, 0.15) is 55.8 Å². The molecule has 4 heteroatoms. The van der Waals surface area contributed by atoms with Gasteiger partial charge in [0.1, 0.15) is 0 Å². The highest BCUT2D eigenvalue weighted by Crippen LogP contribution is 2.21. The fraction of sp³-hybridized carbons (Fsp3) is 0.533. The number of rotatable bonds is 9. The van der Waals surface area contributed by atoms with E-state index in [0.717, 1.165) is 17.4 Å². The number of nitrogens with one attached hydrogen (secondary N) is 1. The number of carbonyl (C=O) groups is 1. The van der Waals surface area contributed by atoms with Gasteiger partial charge in [-0.2, -0.15) is 0 Å². The highest BCUT2D eigenvalue weighted by molar-refractivity contribution is 9.10. The van der Waals surface area contributed by atoms with Crippen molar-refractivity contribution in [3.63, 3.8) is 0 Å². The molecule has 106 valence electrons. The van der Waals surface area contributed by atoms with E-state index in [1.807, 2.05) is 6.07 Å². The first-order valence-electron chi connectivity index (χ1n) is 6.92. The van der Waals surface area contributed by atoms with Gasteiger partial charge < -0.3 is 10.4 Å². The number of halogens is 1. The molecule has 0 radical (unpaired) electrons. The van der Waals surface area contributed by atoms with Crippen molar-refractivity contribution in [2.24, 2.45) is 0 Å². The summed E-state index contributed by atoms with van der Waals surface area (Å²) in [6.45, 7) is 3.03. The Morgan fingerprint density at radius 3 is 2.58 bits per heavy atom. The zero-order valence-electron chi connectivity index (χ0n) is 11.4. The fourth-order valence-corrected chi connectivity index (χ4v) is 2.34. The minimum absolute atomic E-state index is 0.328. The topological polar surface area (TPSA) is 49.3 Å². The number of carboxylic acids is 1. The maximum atomic E-state index is 11.1. The number of benzene rings is 1. The van der Waals surface area contributed by atoms with Crippen LogP contribution < -0.4 is 5.32 Å². The third-order valence-corrected chi connectivity index (χ3v) is 3.55. The van der Waals surface area contributed by atoms with Crippen LogP contribution in [0.4, 0.5) is 5.69 Å². The van der Waals surface area contributed by atoms with Crippen molar-refractivity contribution in [3.8, 4) is 0 Å². The van der Waals surface area contributed by atoms with Gasteiger partial charge in [-0.15, -0.1) is 0 Å². The van der Waals surface area contributed by atoms with Gasteiger partial charge in [0.25, 0.3) is 0 Å². The summed E-state index contributed by atoms with van der Waals surface area (Å²) in [6, 6.07) is 5.19. The first-order chi connectivity index (χ1) is 9.15. The molecule has 0 amide bonds. The Balaban J connectivity index is 2.36. The zero-order valence-corrected chi connectivity index (χ0v) is 13.0. The molecule has 3 nitrogen and oxygen atoms in total. The first-order valence-corrected chi connectivity index (χ1v) is 7.71. The highest BCUT2D eigenvalue weighted by Gasteiger charge is 2.09. The smallest absolute Gasteiger partial charge is 0.337 e. The Morgan fingerprint density at radius 1 is 1.21 bits per heavy atom. The molecule has 1 aromatic carbocycles. The Morgan fingerprint density at radius 2 is 1.89 bits per heavy atom. The average Bonchev–Trinajstić information content (AvgIpc) is 2.37. The first kappa shape index (κ1) is 16.0. The number of aromatic carboxylic acids is 1. The van der Waals surface area contributed by atoms with Gasteiger partial charge in [-0.1, -0.05) is 55.0 Å². The highest BCUT2D eigenvalue weighted by atomic mass is 79.9. The summed E-state index contributed by atoms with van der Waals surface area (Å²) in [5.41, 5.74) is 1.02. The molecular weight excluding hydrogens is 306 g/mol. The van der Waals surface area contributed by atoms with Crippen molar-refractivity contribution in [1.29, 1.82) is 0 Å². The molecule has 1 aromatic rings. The standard InChI is InChI=1S/C15H22BrNO2/c1-2-3-4-5-6-7-10-17-14-11-12(16)8-9-13(14)15(18)19/h8-9,11,17H,2-7,10H2,1H3,(H,18,19). The maximum Gasteiger partial charge on any atom is 0.337 e. The molecule has 1 rings (SSSR count). The second-order valence-electron chi connectivity index (χ2n) is 4.69. The van der Waals surface area contributed by atoms with Crippen LogP contribution in [0.2, 0.25) is 0 Å². The Hall–Kier alpha value is -1.03. The molecule has 0 aliphatic rings. The number of carboxylic acid groups (broad SMARTS) is 1. The van der Waals surface area contributed by atoms with E-state index in [-0.39, 0.29) is 0 Å². The molecule has 0 bridgehead atoms. The summed E-state index contributed by atoms with van der Waals surface area (Å²) < 4.78 is 0.892. The second kappa shape index (κ2) is 8.97. The lowest BCUT2D eigenvalue weighted by Crippen LogP contribution is -2.07. The predicted molar refractivity (Wildman–Crippen MR) is 83.0 cm³/mol. The normalized spacial score (nSPS) is 10.4. The van der Waals surface area contributed by atoms with Gasteiger partial charge in [0.05, 0.1) is 5.56 Å². The molecule has 0 aliphatic carbocycles. The van der Waals surface area contributed by atoms with Gasteiger partial charge in [0, 0.05) is 16.7 Å². The third-order valence-electron chi connectivity index (χ3n) is 3.06. The Kier molecular flexibility index (Phi) is 7.56. The van der Waals surface area contributed by atoms with Gasteiger partial charge in [-0.05, 0) is 24.6 Å². The second-order valence-corrected chi connectivity index (χ2v) is 5.61. The van der Waals surface area contributed by atoms with E-state index in [1.54, 1.807) is 12.1 Å². The van der Waals surface area contributed by atoms with Crippen molar-refractivity contribution in [3.05, 3.63) is 28.2 Å². The van der Waals surface area contributed by atoms with Crippen LogP contribution in [0.25, 0.3) is 0 Å². The number of hydrogen-bond donors (Lipinski definition) is 2. The summed E-state index contributed by atoms with van der Waals surface area (Å²) in [6.07, 6.45) is 7.41. The Labute approximate surface area is 123 Å². The minimum Gasteiger partial charge on any atom is -0.478 e. The van der Waals surface area contributed by atoms with Crippen LogP contribution in [-0.2, 0) is 0 Å². The van der Waals surface area contributed by atoms with E-state index in [9.17, 15) is 4.79 Å². The molecule has 0 atom stereocenters. The average molecular weight is 328 g/mol. The van der Waals surface area contributed by atoms with Crippen molar-refractivity contribution < 1.29 is 9.90 Å². The fourth-order valence-electron chi connectivity index (χ4n) is 1.98. The van der Waals surface area contributed by atoms with Crippen LogP contribution in [0, 0.1) is 0 Å². The van der Waals surface area contributed by atoms with E-state index in [4.69, 9.17) is 5.11 Å². The van der Waals surface area contributed by atoms with Gasteiger partial charge in [-0.3, -0.25) is 0 Å². The quantitative estimate of drug-likeness (QED) is 0.633. The van der Waals surface area contributed by atoms with Crippen molar-refractivity contribution in [2.75, 3.05) is 11.9 Å². The van der Waals surface area contributed by atoms with Crippen molar-refractivity contribution in [2.45, 2.75) is 45.4 Å². The third kappa shape index (κ3) is 6.10. The summed E-state index contributed by atoms with van der Waals surface area (Å²) in [7, 11) is 0. The van der Waals surface area contributed by atoms with Crippen LogP contribution >= 0.6 is 15.9 Å². The van der Waals surface area contributed by atoms with Gasteiger partial charge >= 0.3 is 5.97 Å². The molecule has 0 heterocycles. The summed E-state index contributed by atoms with van der Waals surface area (Å²) in [5, 5.41) is 12.3. The van der Waals surface area contributed by atoms with Crippen LogP contribution in [0.15, 0.2) is 22.7 Å². The molecule has 0 fully saturated rings. The maximum absolute atomic E-state index is 11.1. The van der Waals surface area contributed by atoms with Crippen LogP contribution in [0.3, 0.4) is 0 Å². The molecule has 2 N–H and O–H groups in total. The predicted octanol–water partition coefficient (Wildman–Crippen LogP) is 4.92. The molecule has 0 unspecified atom stereocenters. The lowest BCUT2D eigenvalue weighted by Gasteiger charge is -2.10. The molecule has 0 saturated carbocycles. The Bertz CT molecular complexity index is 407. The number of anilines is 1. The lowest BCUT2D eigenvalue weighted by atomic mass is 10.1. The largest absolute Gasteiger partial charge is 0.478 e. The SMILES string of the molecule is CCCCCCCCNc1cc(Br)ccc1C(=O)O. The number of hydrogen-bond acceptors (Lipinski definition) is 2. The van der Waals surface area contributed by atoms with Crippen LogP contribution in [0.5, 0.6) is 0 Å². The zero-order chi connectivity index (χ0) is 14.1. The van der Waals surface area contributed by atoms with E-state index in [1.165, 1.54) is 32.1 Å². The van der Waals surface area contributed by atoms with E-state index >= 15 is 0 Å². The monoisotopic (exact) mass is 327 g/mol. The minimum atomic E-state index is -0.891. The van der Waals surface area contributed by atoms with Crippen molar-refractivity contribution >= 4 is 27.6 Å². The van der Waals surface area contributed by atoms with Gasteiger partial charge in [-0.25, -0.2) is 4.79 Å². The van der Waals surface area contributed by atoms with Crippen molar-refractivity contribution in [1.82, 2.24) is 0 Å². The molecular formula is C15H22BrNO2. The van der Waals surface area contributed by atoms with Gasteiger partial charge in [0.15, 0.2) is 0 Å². The van der Waals surface area contributed by atoms with E-state index in [0.29, 0.717) is 11.3 Å². The molecule has 0 aromatic heterocycles. The van der Waals surface area contributed by atoms with Gasteiger partial charge in [0.2, 0.25) is 0 Å².